The molecule has 3 aliphatic rings. The van der Waals surface area contributed by atoms with E-state index >= 15 is 0 Å². The fraction of sp³-hybridized carbons (Fsp3) is 0.333. The van der Waals surface area contributed by atoms with Gasteiger partial charge in [-0.2, -0.15) is 0 Å². The predicted octanol–water partition coefficient (Wildman–Crippen LogP) is 3.38. The molecular formula is C24H24N8. The van der Waals surface area contributed by atoms with Gasteiger partial charge in [0.05, 0.1) is 17.4 Å². The Labute approximate surface area is 185 Å². The minimum absolute atomic E-state index is 0.535. The van der Waals surface area contributed by atoms with E-state index in [1.807, 2.05) is 16.9 Å². The van der Waals surface area contributed by atoms with Crippen LogP contribution in [0.5, 0.6) is 0 Å². The highest BCUT2D eigenvalue weighted by Crippen LogP contribution is 2.42. The maximum absolute atomic E-state index is 4.97. The van der Waals surface area contributed by atoms with Gasteiger partial charge in [0.2, 0.25) is 0 Å². The largest absolute Gasteiger partial charge is 0.351 e. The zero-order chi connectivity index (χ0) is 21.1. The molecule has 2 N–H and O–H groups in total. The smallest absolute Gasteiger partial charge is 0.162 e. The lowest BCUT2D eigenvalue weighted by Crippen LogP contribution is -2.44. The molecule has 8 heteroatoms. The van der Waals surface area contributed by atoms with Crippen LogP contribution in [0.3, 0.4) is 0 Å². The van der Waals surface area contributed by atoms with Crippen LogP contribution in [0, 0.1) is 0 Å². The number of nitrogens with zero attached hydrogens (tertiary/aromatic N) is 6. The monoisotopic (exact) mass is 424 g/mol. The Balaban J connectivity index is 1.33. The highest BCUT2D eigenvalue weighted by Gasteiger charge is 2.38. The third-order valence-electron chi connectivity index (χ3n) is 6.89. The highest BCUT2D eigenvalue weighted by atomic mass is 15.3. The van der Waals surface area contributed by atoms with E-state index in [-0.39, 0.29) is 0 Å². The van der Waals surface area contributed by atoms with E-state index in [0.29, 0.717) is 23.8 Å². The van der Waals surface area contributed by atoms with Crippen molar-refractivity contribution in [3.05, 3.63) is 60.7 Å². The first-order valence-corrected chi connectivity index (χ1v) is 11.3. The lowest BCUT2D eigenvalue weighted by atomic mass is 10.1. The van der Waals surface area contributed by atoms with Crippen molar-refractivity contribution >= 4 is 28.4 Å². The molecule has 3 aromatic heterocycles. The second-order valence-electron chi connectivity index (χ2n) is 9.05. The summed E-state index contributed by atoms with van der Waals surface area (Å²) in [4.78, 5) is 15.7. The number of rotatable bonds is 5. The molecule has 160 valence electrons. The number of benzene rings is 1. The molecule has 32 heavy (non-hydrogen) atoms. The molecule has 4 aromatic rings. The summed E-state index contributed by atoms with van der Waals surface area (Å²) in [5, 5.41) is 13.0. The second-order valence-corrected chi connectivity index (χ2v) is 9.05. The molecule has 7 rings (SSSR count). The van der Waals surface area contributed by atoms with Crippen LogP contribution in [0.25, 0.3) is 16.6 Å². The molecule has 2 saturated heterocycles. The Morgan fingerprint density at radius 3 is 2.78 bits per heavy atom. The van der Waals surface area contributed by atoms with Gasteiger partial charge in [-0.25, -0.2) is 14.6 Å². The third-order valence-corrected chi connectivity index (χ3v) is 6.89. The van der Waals surface area contributed by atoms with Crippen LogP contribution in [0.2, 0.25) is 0 Å². The van der Waals surface area contributed by atoms with E-state index in [1.54, 1.807) is 18.6 Å². The Bertz CT molecular complexity index is 1300. The number of pyridine rings is 1. The van der Waals surface area contributed by atoms with Gasteiger partial charge in [-0.1, -0.05) is 6.07 Å². The van der Waals surface area contributed by atoms with Crippen molar-refractivity contribution in [2.24, 2.45) is 0 Å². The number of piperazine rings is 1. The topological polar surface area (TPSA) is 83.8 Å². The van der Waals surface area contributed by atoms with Gasteiger partial charge in [0, 0.05) is 55.2 Å². The van der Waals surface area contributed by atoms with Gasteiger partial charge in [0.25, 0.3) is 0 Å². The summed E-state index contributed by atoms with van der Waals surface area (Å²) in [7, 11) is 0. The first kappa shape index (κ1) is 18.1. The van der Waals surface area contributed by atoms with E-state index in [0.717, 1.165) is 41.3 Å². The van der Waals surface area contributed by atoms with Crippen molar-refractivity contribution in [3.8, 4) is 5.69 Å². The van der Waals surface area contributed by atoms with Gasteiger partial charge in [0.1, 0.15) is 11.6 Å². The maximum atomic E-state index is 4.97. The van der Waals surface area contributed by atoms with Gasteiger partial charge in [-0.05, 0) is 48.9 Å². The minimum atomic E-state index is 0.535. The summed E-state index contributed by atoms with van der Waals surface area (Å²) >= 11 is 0. The van der Waals surface area contributed by atoms with Gasteiger partial charge in [-0.3, -0.25) is 4.98 Å². The van der Waals surface area contributed by atoms with Crippen LogP contribution in [-0.2, 0) is 0 Å². The quantitative estimate of drug-likeness (QED) is 0.508. The fourth-order valence-electron chi connectivity index (χ4n) is 5.11. The average Bonchev–Trinajstić information content (AvgIpc) is 3.32. The standard InChI is InChI=1S/C24H24N8/c1-2-15(1)16-3-4-20-21(9-16)32(30-24(20)29-22-13-25-7-8-26-22)18-5-6-27-23(11-18)31-14-17-10-19(31)12-28-17/h3-9,11,13,15,17,19,28H,1-2,10,12,14H2,(H,26,29,30)/t17-,19-/m0/s1. The van der Waals surface area contributed by atoms with Crippen molar-refractivity contribution in [2.45, 2.75) is 37.3 Å². The third kappa shape index (κ3) is 3.02. The number of aromatic nitrogens is 5. The molecule has 1 saturated carbocycles. The molecule has 2 bridgehead atoms. The molecule has 0 spiro atoms. The summed E-state index contributed by atoms with van der Waals surface area (Å²) in [6.07, 6.45) is 10.7. The number of fused-ring (bicyclic) bond motifs is 3. The Hall–Kier alpha value is -3.52. The van der Waals surface area contributed by atoms with E-state index in [9.17, 15) is 0 Å². The molecule has 3 fully saturated rings. The molecular weight excluding hydrogens is 400 g/mol. The Morgan fingerprint density at radius 1 is 1.03 bits per heavy atom. The molecule has 0 radical (unpaired) electrons. The first-order chi connectivity index (χ1) is 15.8. The zero-order valence-corrected chi connectivity index (χ0v) is 17.6. The van der Waals surface area contributed by atoms with Crippen LogP contribution in [0.15, 0.2) is 55.1 Å². The molecule has 2 atom stereocenters. The highest BCUT2D eigenvalue weighted by molar-refractivity contribution is 5.93. The van der Waals surface area contributed by atoms with E-state index in [4.69, 9.17) is 10.1 Å². The molecule has 5 heterocycles. The second kappa shape index (κ2) is 7.00. The van der Waals surface area contributed by atoms with Crippen molar-refractivity contribution in [2.75, 3.05) is 23.3 Å². The summed E-state index contributed by atoms with van der Waals surface area (Å²) in [6.45, 7) is 2.06. The number of anilines is 3. The molecule has 8 nitrogen and oxygen atoms in total. The van der Waals surface area contributed by atoms with Crippen molar-refractivity contribution < 1.29 is 0 Å². The van der Waals surface area contributed by atoms with E-state index < -0.39 is 0 Å². The van der Waals surface area contributed by atoms with E-state index in [2.05, 4.69) is 49.8 Å². The summed E-state index contributed by atoms with van der Waals surface area (Å²) in [6, 6.07) is 12.0. The first-order valence-electron chi connectivity index (χ1n) is 11.3. The summed E-state index contributed by atoms with van der Waals surface area (Å²) < 4.78 is 2.04. The summed E-state index contributed by atoms with van der Waals surface area (Å²) in [5.41, 5.74) is 3.51. The van der Waals surface area contributed by atoms with Gasteiger partial charge < -0.3 is 15.5 Å². The van der Waals surface area contributed by atoms with E-state index in [1.165, 1.54) is 24.8 Å². The minimum Gasteiger partial charge on any atom is -0.351 e. The Kier molecular flexibility index (Phi) is 3.96. The average molecular weight is 425 g/mol. The van der Waals surface area contributed by atoms with Gasteiger partial charge >= 0.3 is 0 Å². The normalized spacial score (nSPS) is 22.1. The molecule has 1 aliphatic carbocycles. The van der Waals surface area contributed by atoms with Gasteiger partial charge in [0.15, 0.2) is 5.82 Å². The molecule has 0 unspecified atom stereocenters. The van der Waals surface area contributed by atoms with Gasteiger partial charge in [-0.15, -0.1) is 5.10 Å². The molecule has 1 aromatic carbocycles. The van der Waals surface area contributed by atoms with Crippen LogP contribution in [-0.4, -0.2) is 49.9 Å². The Morgan fingerprint density at radius 2 is 2.00 bits per heavy atom. The zero-order valence-electron chi connectivity index (χ0n) is 17.6. The van der Waals surface area contributed by atoms with Crippen LogP contribution >= 0.6 is 0 Å². The van der Waals surface area contributed by atoms with Crippen molar-refractivity contribution in [3.63, 3.8) is 0 Å². The summed E-state index contributed by atoms with van der Waals surface area (Å²) in [5.74, 6) is 3.17. The lowest BCUT2D eigenvalue weighted by Gasteiger charge is -2.28. The fourth-order valence-corrected chi connectivity index (χ4v) is 5.11. The van der Waals surface area contributed by atoms with Crippen LogP contribution in [0.1, 0.15) is 30.7 Å². The number of hydrogen-bond donors (Lipinski definition) is 2. The number of nitrogens with one attached hydrogen (secondary N) is 2. The van der Waals surface area contributed by atoms with Crippen LogP contribution < -0.4 is 15.5 Å². The lowest BCUT2D eigenvalue weighted by molar-refractivity contribution is 0.576. The number of hydrogen-bond acceptors (Lipinski definition) is 7. The predicted molar refractivity (Wildman–Crippen MR) is 124 cm³/mol. The maximum Gasteiger partial charge on any atom is 0.162 e. The van der Waals surface area contributed by atoms with Crippen LogP contribution in [0.4, 0.5) is 17.5 Å². The van der Waals surface area contributed by atoms with Crippen molar-refractivity contribution in [1.82, 2.24) is 30.0 Å². The van der Waals surface area contributed by atoms with Crippen molar-refractivity contribution in [1.29, 1.82) is 0 Å². The molecule has 0 amide bonds. The SMILES string of the molecule is c1cnc(Nc2nn(-c3ccnc(N4C[C@@H]5C[C@H]4CN5)c3)c3cc(C4CC4)ccc23)cn1. The molecule has 2 aliphatic heterocycles.